The predicted molar refractivity (Wildman–Crippen MR) is 124 cm³/mol. The topological polar surface area (TPSA) is 128 Å². The number of hydrogen-bond acceptors (Lipinski definition) is 5. The first-order valence-corrected chi connectivity index (χ1v) is 11.6. The molecule has 1 amide bonds. The van der Waals surface area contributed by atoms with Crippen molar-refractivity contribution >= 4 is 11.9 Å². The number of benzene rings is 1. The minimum Gasteiger partial charge on any atom is -0.493 e. The molecule has 2 unspecified atom stereocenters. The van der Waals surface area contributed by atoms with Crippen molar-refractivity contribution in [3.8, 4) is 22.9 Å². The maximum absolute atomic E-state index is 13.4. The molecule has 0 radical (unpaired) electrons. The molecule has 1 spiro atoms. The molecule has 3 aliphatic rings. The lowest BCUT2D eigenvalue weighted by Crippen LogP contribution is -2.40. The maximum Gasteiger partial charge on any atom is 0.303 e. The van der Waals surface area contributed by atoms with Crippen LogP contribution < -0.4 is 10.1 Å². The number of rotatable bonds is 7. The zero-order valence-corrected chi connectivity index (χ0v) is 18.7. The number of H-pyrrole nitrogens is 1. The van der Waals surface area contributed by atoms with Crippen LogP contribution in [0, 0.1) is 17.2 Å². The summed E-state index contributed by atoms with van der Waals surface area (Å²) in [7, 11) is 0. The molecule has 3 N–H and O–H groups in total. The van der Waals surface area contributed by atoms with E-state index in [4.69, 9.17) is 9.84 Å². The number of aromatic amines is 1. The number of hydrogen-bond donors (Lipinski definition) is 3. The molecule has 174 valence electrons. The Bertz CT molecular complexity index is 1220. The highest BCUT2D eigenvalue weighted by Crippen LogP contribution is 2.61. The van der Waals surface area contributed by atoms with Crippen LogP contribution in [0.5, 0.6) is 5.75 Å². The van der Waals surface area contributed by atoms with E-state index < -0.39 is 5.97 Å². The van der Waals surface area contributed by atoms with E-state index in [0.717, 1.165) is 40.9 Å². The normalized spacial score (nSPS) is 24.8. The lowest BCUT2D eigenvalue weighted by molar-refractivity contribution is -0.137. The number of aromatic nitrogens is 2. The number of carbonyl (C=O) groups excluding carboxylic acids is 1. The third-order valence-corrected chi connectivity index (χ3v) is 7.23. The van der Waals surface area contributed by atoms with Gasteiger partial charge in [-0.3, -0.25) is 14.7 Å². The minimum absolute atomic E-state index is 0.0186. The Hall–Kier alpha value is -3.86. The van der Waals surface area contributed by atoms with E-state index >= 15 is 0 Å². The first-order valence-electron chi connectivity index (χ1n) is 11.6. The second kappa shape index (κ2) is 8.82. The van der Waals surface area contributed by atoms with Gasteiger partial charge in [0.25, 0.3) is 0 Å². The van der Waals surface area contributed by atoms with Gasteiger partial charge < -0.3 is 15.2 Å². The summed E-state index contributed by atoms with van der Waals surface area (Å²) in [6, 6.07) is 7.99. The van der Waals surface area contributed by atoms with Crippen LogP contribution in [0.3, 0.4) is 0 Å². The van der Waals surface area contributed by atoms with Crippen molar-refractivity contribution in [2.45, 2.75) is 50.0 Å². The van der Waals surface area contributed by atoms with Crippen molar-refractivity contribution in [1.82, 2.24) is 15.5 Å². The van der Waals surface area contributed by atoms with Gasteiger partial charge in [0.1, 0.15) is 5.75 Å². The number of allylic oxidation sites excluding steroid dienone is 2. The lowest BCUT2D eigenvalue weighted by Gasteiger charge is -2.29. The van der Waals surface area contributed by atoms with Gasteiger partial charge in [0.15, 0.2) is 0 Å². The fraction of sp³-hybridized carbons (Fsp3) is 0.385. The first kappa shape index (κ1) is 22.0. The van der Waals surface area contributed by atoms with Crippen LogP contribution in [0.4, 0.5) is 0 Å². The van der Waals surface area contributed by atoms with Crippen LogP contribution >= 0.6 is 0 Å². The molecule has 1 aliphatic heterocycles. The van der Waals surface area contributed by atoms with Gasteiger partial charge >= 0.3 is 5.97 Å². The number of ether oxygens (including phenoxy) is 1. The standard InChI is InChI=1S/C26H26N4O4/c27-13-16-4-5-17(2-1-3-24(31)32)22(10-16)30-25(33)21-12-26(21)8-9-34-23-7-6-18(11-20(23)26)19-14-28-29-15-19/h4-7,11,14-15,21-22H,1-3,8-10,12H2,(H,28,29)(H,30,33)(H,31,32)/t21?,22?,26-/m0/s1. The third kappa shape index (κ3) is 4.10. The van der Waals surface area contributed by atoms with Crippen LogP contribution in [0.25, 0.3) is 11.1 Å². The largest absolute Gasteiger partial charge is 0.493 e. The van der Waals surface area contributed by atoms with Crippen molar-refractivity contribution in [1.29, 1.82) is 5.26 Å². The van der Waals surface area contributed by atoms with Crippen molar-refractivity contribution < 1.29 is 19.4 Å². The van der Waals surface area contributed by atoms with Gasteiger partial charge in [-0.25, -0.2) is 0 Å². The molecule has 2 aliphatic carbocycles. The second-order valence-corrected chi connectivity index (χ2v) is 9.27. The van der Waals surface area contributed by atoms with Gasteiger partial charge in [-0.15, -0.1) is 0 Å². The second-order valence-electron chi connectivity index (χ2n) is 9.27. The van der Waals surface area contributed by atoms with Crippen LogP contribution in [-0.2, 0) is 15.0 Å². The van der Waals surface area contributed by atoms with Crippen LogP contribution in [0.15, 0.2) is 53.9 Å². The average molecular weight is 459 g/mol. The molecule has 5 rings (SSSR count). The van der Waals surface area contributed by atoms with Gasteiger partial charge in [-0.2, -0.15) is 10.4 Å². The van der Waals surface area contributed by atoms with Crippen LogP contribution in [-0.4, -0.2) is 39.8 Å². The monoisotopic (exact) mass is 458 g/mol. The lowest BCUT2D eigenvalue weighted by atomic mass is 9.85. The quantitative estimate of drug-likeness (QED) is 0.581. The van der Waals surface area contributed by atoms with Crippen LogP contribution in [0.1, 0.15) is 44.1 Å². The zero-order valence-electron chi connectivity index (χ0n) is 18.7. The number of nitriles is 1. The Morgan fingerprint density at radius 3 is 2.97 bits per heavy atom. The Morgan fingerprint density at radius 2 is 2.21 bits per heavy atom. The SMILES string of the molecule is N#CC1=CC=C(CCCC(=O)O)C(NC(=O)C2C[C@]23CCOc2ccc(-c4cn[nH]c4)cc23)C1. The Labute approximate surface area is 197 Å². The fourth-order valence-corrected chi connectivity index (χ4v) is 5.28. The van der Waals surface area contributed by atoms with Crippen molar-refractivity contribution in [2.24, 2.45) is 5.92 Å². The highest BCUT2D eigenvalue weighted by Gasteiger charge is 2.61. The molecule has 1 aromatic heterocycles. The maximum atomic E-state index is 13.4. The molecular weight excluding hydrogens is 432 g/mol. The summed E-state index contributed by atoms with van der Waals surface area (Å²) in [6.07, 6.45) is 10.4. The number of amides is 1. The Balaban J connectivity index is 1.33. The van der Waals surface area contributed by atoms with Crippen molar-refractivity contribution in [3.63, 3.8) is 0 Å². The van der Waals surface area contributed by atoms with E-state index in [2.05, 4.69) is 27.6 Å². The highest BCUT2D eigenvalue weighted by molar-refractivity contribution is 5.86. The minimum atomic E-state index is -0.835. The van der Waals surface area contributed by atoms with Crippen molar-refractivity contribution in [2.75, 3.05) is 6.61 Å². The number of nitrogens with zero attached hydrogens (tertiary/aromatic N) is 2. The summed E-state index contributed by atoms with van der Waals surface area (Å²) in [5, 5.41) is 28.4. The van der Waals surface area contributed by atoms with Crippen LogP contribution in [0.2, 0.25) is 0 Å². The summed E-state index contributed by atoms with van der Waals surface area (Å²) >= 11 is 0. The smallest absolute Gasteiger partial charge is 0.303 e. The Morgan fingerprint density at radius 1 is 1.32 bits per heavy atom. The Kier molecular flexibility index (Phi) is 5.70. The summed E-state index contributed by atoms with van der Waals surface area (Å²) in [5.74, 6) is -0.185. The highest BCUT2D eigenvalue weighted by atomic mass is 16.5. The first-order chi connectivity index (χ1) is 16.5. The molecule has 0 bridgehead atoms. The predicted octanol–water partition coefficient (Wildman–Crippen LogP) is 3.64. The number of aliphatic carboxylic acids is 1. The fourth-order valence-electron chi connectivity index (χ4n) is 5.28. The zero-order chi connectivity index (χ0) is 23.7. The summed E-state index contributed by atoms with van der Waals surface area (Å²) < 4.78 is 5.90. The number of carboxylic acid groups (broad SMARTS) is 1. The van der Waals surface area contributed by atoms with E-state index in [9.17, 15) is 14.9 Å². The summed E-state index contributed by atoms with van der Waals surface area (Å²) in [6.45, 7) is 0.576. The molecule has 2 heterocycles. The molecular formula is C26H26N4O4. The summed E-state index contributed by atoms with van der Waals surface area (Å²) in [5.41, 5.74) is 4.42. The molecule has 0 saturated heterocycles. The molecule has 8 heteroatoms. The van der Waals surface area contributed by atoms with E-state index in [1.54, 1.807) is 12.3 Å². The molecule has 1 aromatic carbocycles. The summed E-state index contributed by atoms with van der Waals surface area (Å²) in [4.78, 5) is 24.3. The molecule has 1 fully saturated rings. The van der Waals surface area contributed by atoms with Gasteiger partial charge in [0, 0.05) is 47.1 Å². The van der Waals surface area contributed by atoms with E-state index in [-0.39, 0.29) is 29.7 Å². The van der Waals surface area contributed by atoms with E-state index in [1.165, 1.54) is 0 Å². The third-order valence-electron chi connectivity index (χ3n) is 7.23. The molecule has 34 heavy (non-hydrogen) atoms. The molecule has 3 atom stereocenters. The average Bonchev–Trinajstić information content (AvgIpc) is 3.28. The van der Waals surface area contributed by atoms with Gasteiger partial charge in [-0.1, -0.05) is 12.1 Å². The van der Waals surface area contributed by atoms with E-state index in [0.29, 0.717) is 31.4 Å². The van der Waals surface area contributed by atoms with E-state index in [1.807, 2.05) is 24.4 Å². The number of nitrogens with one attached hydrogen (secondary N) is 2. The molecule has 8 nitrogen and oxygen atoms in total. The van der Waals surface area contributed by atoms with Gasteiger partial charge in [0.05, 0.1) is 24.9 Å². The van der Waals surface area contributed by atoms with Gasteiger partial charge in [0.2, 0.25) is 5.91 Å². The number of carboxylic acids is 1. The molecule has 2 aromatic rings. The van der Waals surface area contributed by atoms with Crippen molar-refractivity contribution in [3.05, 3.63) is 59.5 Å². The van der Waals surface area contributed by atoms with Gasteiger partial charge in [-0.05, 0) is 55.0 Å². The molecule has 1 saturated carbocycles. The number of carbonyl (C=O) groups is 2. The number of fused-ring (bicyclic) bond motifs is 2.